The summed E-state index contributed by atoms with van der Waals surface area (Å²) in [5, 5.41) is 10.5. The van der Waals surface area contributed by atoms with Crippen molar-refractivity contribution in [1.82, 2.24) is 20.0 Å². The molecule has 1 aromatic heterocycles. The molecule has 200 valence electrons. The molecule has 0 radical (unpaired) electrons. The lowest BCUT2D eigenvalue weighted by Crippen LogP contribution is -2.39. The second-order valence-electron chi connectivity index (χ2n) is 9.90. The predicted molar refractivity (Wildman–Crippen MR) is 160 cm³/mol. The molecule has 1 amide bonds. The lowest BCUT2D eigenvalue weighted by Gasteiger charge is -2.24. The van der Waals surface area contributed by atoms with Gasteiger partial charge in [0.2, 0.25) is 11.9 Å². The Bertz CT molecular complexity index is 1460. The number of halogens is 1. The van der Waals surface area contributed by atoms with Gasteiger partial charge in [-0.05, 0) is 79.2 Å². The third-order valence-electron chi connectivity index (χ3n) is 6.65. The van der Waals surface area contributed by atoms with Gasteiger partial charge < -0.3 is 16.0 Å². The first-order chi connectivity index (χ1) is 18.9. The van der Waals surface area contributed by atoms with E-state index in [1.807, 2.05) is 80.7 Å². The fourth-order valence-electron chi connectivity index (χ4n) is 4.27. The van der Waals surface area contributed by atoms with E-state index in [0.717, 1.165) is 58.2 Å². The molecule has 5 rings (SSSR count). The zero-order valence-electron chi connectivity index (χ0n) is 21.9. The van der Waals surface area contributed by atoms with Crippen molar-refractivity contribution in [2.45, 2.75) is 37.1 Å². The quantitative estimate of drug-likeness (QED) is 0.207. The van der Waals surface area contributed by atoms with Crippen LogP contribution in [0.25, 0.3) is 11.1 Å². The number of rotatable bonds is 5. The van der Waals surface area contributed by atoms with E-state index in [2.05, 4.69) is 37.8 Å². The summed E-state index contributed by atoms with van der Waals surface area (Å²) in [4.78, 5) is 23.5. The third-order valence-corrected chi connectivity index (χ3v) is 7.72. The topological polar surface area (TPSA) is 91.0 Å². The molecule has 3 aromatic carbocycles. The fraction of sp³-hybridized carbons (Fsp3) is 0.233. The van der Waals surface area contributed by atoms with Crippen LogP contribution in [0.3, 0.4) is 0 Å². The summed E-state index contributed by atoms with van der Waals surface area (Å²) in [5.41, 5.74) is 4.04. The van der Waals surface area contributed by atoms with Crippen LogP contribution in [-0.4, -0.2) is 29.0 Å². The van der Waals surface area contributed by atoms with E-state index in [1.54, 1.807) is 11.9 Å². The van der Waals surface area contributed by atoms with Gasteiger partial charge in [-0.25, -0.2) is 4.98 Å². The molecule has 0 spiro atoms. The molecule has 1 aliphatic rings. The van der Waals surface area contributed by atoms with Crippen molar-refractivity contribution >= 4 is 46.9 Å². The zero-order chi connectivity index (χ0) is 27.2. The highest BCUT2D eigenvalue weighted by Crippen LogP contribution is 2.29. The first-order valence-electron chi connectivity index (χ1n) is 12.9. The van der Waals surface area contributed by atoms with Crippen LogP contribution < -0.4 is 20.7 Å². The average molecular weight is 559 g/mol. The summed E-state index contributed by atoms with van der Waals surface area (Å²) in [7, 11) is 0. The molecular formula is C30H31ClN6OS. The largest absolute Gasteiger partial charge is 0.369 e. The normalized spacial score (nSPS) is 13.6. The minimum absolute atomic E-state index is 0.0563. The molecule has 0 saturated heterocycles. The number of nitrogens with one attached hydrogen (secondary N) is 4. The van der Waals surface area contributed by atoms with Gasteiger partial charge in [0.1, 0.15) is 5.82 Å². The van der Waals surface area contributed by atoms with Gasteiger partial charge in [-0.15, -0.1) is 0 Å². The molecule has 0 unspecified atom stereocenters. The molecule has 1 aliphatic heterocycles. The molecule has 4 N–H and O–H groups in total. The van der Waals surface area contributed by atoms with Gasteiger partial charge in [0.05, 0.1) is 5.41 Å². The number of hydrogen-bond donors (Lipinski definition) is 4. The van der Waals surface area contributed by atoms with Crippen molar-refractivity contribution in [3.63, 3.8) is 0 Å². The second kappa shape index (κ2) is 12.1. The minimum atomic E-state index is -0.701. The first-order valence-corrected chi connectivity index (χ1v) is 14.1. The predicted octanol–water partition coefficient (Wildman–Crippen LogP) is 6.55. The number of anilines is 3. The molecule has 4 bridgehead atoms. The maximum Gasteiger partial charge on any atom is 0.230 e. The van der Waals surface area contributed by atoms with E-state index in [-0.39, 0.29) is 5.91 Å². The molecule has 9 heteroatoms. The average Bonchev–Trinajstić information content (AvgIpc) is 2.94. The van der Waals surface area contributed by atoms with Crippen LogP contribution in [0.5, 0.6) is 0 Å². The zero-order valence-corrected chi connectivity index (χ0v) is 23.5. The van der Waals surface area contributed by atoms with Crippen molar-refractivity contribution in [2.75, 3.05) is 23.7 Å². The lowest BCUT2D eigenvalue weighted by atomic mass is 9.83. The van der Waals surface area contributed by atoms with Gasteiger partial charge >= 0.3 is 0 Å². The maximum absolute atomic E-state index is 13.0. The molecule has 7 nitrogen and oxygen atoms in total. The number of hydrogen-bond acceptors (Lipinski definition) is 7. The molecule has 39 heavy (non-hydrogen) atoms. The molecule has 0 aliphatic carbocycles. The fourth-order valence-corrected chi connectivity index (χ4v) is 5.21. The van der Waals surface area contributed by atoms with Crippen LogP contribution in [0.2, 0.25) is 5.02 Å². The van der Waals surface area contributed by atoms with Crippen molar-refractivity contribution in [2.24, 2.45) is 0 Å². The van der Waals surface area contributed by atoms with E-state index in [1.165, 1.54) is 0 Å². The molecule has 0 atom stereocenters. The Morgan fingerprint density at radius 1 is 1.05 bits per heavy atom. The molecule has 0 fully saturated rings. The van der Waals surface area contributed by atoms with Crippen molar-refractivity contribution < 1.29 is 4.79 Å². The number of carbonyl (C=O) groups is 1. The molecular weight excluding hydrogens is 528 g/mol. The van der Waals surface area contributed by atoms with Gasteiger partial charge in [0.25, 0.3) is 0 Å². The number of benzene rings is 3. The summed E-state index contributed by atoms with van der Waals surface area (Å²) in [6.07, 6.45) is 2.79. The van der Waals surface area contributed by atoms with E-state index in [9.17, 15) is 4.79 Å². The second-order valence-corrected chi connectivity index (χ2v) is 11.3. The standard InChI is InChI=1S/C30H31ClN6OS/c1-30(2,22-6-3-7-23(31)16-22)28(38)33-18-20-10-12-21(13-11-20)26-19-34-29-36-24-8-4-9-25(17-24)39-35-15-5-14-32-27(26)37-29/h3-4,6-13,16-17,19,35H,5,14-15,18H2,1-2H3,(H,33,38)(H2,32,34,36,37). The minimum Gasteiger partial charge on any atom is -0.369 e. The number of nitrogens with zero attached hydrogens (tertiary/aromatic N) is 2. The Kier molecular flexibility index (Phi) is 8.35. The summed E-state index contributed by atoms with van der Waals surface area (Å²) < 4.78 is 3.41. The van der Waals surface area contributed by atoms with Crippen molar-refractivity contribution in [3.8, 4) is 11.1 Å². The highest BCUT2D eigenvalue weighted by atomic mass is 35.5. The van der Waals surface area contributed by atoms with E-state index in [4.69, 9.17) is 16.6 Å². The van der Waals surface area contributed by atoms with Gasteiger partial charge in [0.15, 0.2) is 0 Å². The highest BCUT2D eigenvalue weighted by molar-refractivity contribution is 7.97. The van der Waals surface area contributed by atoms with Crippen LogP contribution >= 0.6 is 23.5 Å². The van der Waals surface area contributed by atoms with Gasteiger partial charge in [-0.2, -0.15) is 4.98 Å². The monoisotopic (exact) mass is 558 g/mol. The highest BCUT2D eigenvalue weighted by Gasteiger charge is 2.29. The Hall–Kier alpha value is -3.59. The Morgan fingerprint density at radius 2 is 1.87 bits per heavy atom. The Balaban J connectivity index is 1.30. The van der Waals surface area contributed by atoms with Crippen molar-refractivity contribution in [3.05, 3.63) is 95.1 Å². The number of aromatic nitrogens is 2. The first kappa shape index (κ1) is 27.0. The number of fused-ring (bicyclic) bond motifs is 4. The maximum atomic E-state index is 13.0. The van der Waals surface area contributed by atoms with E-state index >= 15 is 0 Å². The van der Waals surface area contributed by atoms with Crippen LogP contribution in [0.1, 0.15) is 31.4 Å². The SMILES string of the molecule is CC(C)(C(=O)NCc1ccc(-c2cnc3nc2NCCCNSc2cccc(c2)N3)cc1)c1cccc(Cl)c1. The Labute approximate surface area is 238 Å². The molecule has 0 saturated carbocycles. The van der Waals surface area contributed by atoms with Gasteiger partial charge in [-0.1, -0.05) is 54.1 Å². The number of carbonyl (C=O) groups excluding carboxylic acids is 1. The van der Waals surface area contributed by atoms with E-state index in [0.29, 0.717) is 17.5 Å². The Morgan fingerprint density at radius 3 is 2.69 bits per heavy atom. The van der Waals surface area contributed by atoms with Gasteiger partial charge in [0, 0.05) is 47.0 Å². The summed E-state index contributed by atoms with van der Waals surface area (Å²) >= 11 is 7.76. The van der Waals surface area contributed by atoms with Gasteiger partial charge in [-0.3, -0.25) is 9.52 Å². The molecule has 2 heterocycles. The lowest BCUT2D eigenvalue weighted by molar-refractivity contribution is -0.125. The van der Waals surface area contributed by atoms with E-state index < -0.39 is 5.41 Å². The summed E-state index contributed by atoms with van der Waals surface area (Å²) in [6, 6.07) is 23.7. The smallest absolute Gasteiger partial charge is 0.230 e. The van der Waals surface area contributed by atoms with Crippen LogP contribution in [0, 0.1) is 0 Å². The third kappa shape index (κ3) is 6.71. The summed E-state index contributed by atoms with van der Waals surface area (Å²) in [6.45, 7) is 5.89. The molecule has 4 aromatic rings. The van der Waals surface area contributed by atoms with Crippen molar-refractivity contribution in [1.29, 1.82) is 0 Å². The summed E-state index contributed by atoms with van der Waals surface area (Å²) in [5.74, 6) is 1.26. The van der Waals surface area contributed by atoms with Crippen LogP contribution in [-0.2, 0) is 16.8 Å². The number of amides is 1. The van der Waals surface area contributed by atoms with Crippen LogP contribution in [0.15, 0.2) is 83.9 Å². The van der Waals surface area contributed by atoms with Crippen LogP contribution in [0.4, 0.5) is 17.5 Å².